The minimum absolute atomic E-state index is 0.674. The van der Waals surface area contributed by atoms with Crippen LogP contribution in [0.2, 0.25) is 0 Å². The number of fused-ring (bicyclic) bond motifs is 1. The lowest BCUT2D eigenvalue weighted by Crippen LogP contribution is -2.30. The van der Waals surface area contributed by atoms with E-state index in [0.29, 0.717) is 6.61 Å². The number of rotatable bonds is 8. The first kappa shape index (κ1) is 15.7. The Morgan fingerprint density at radius 3 is 2.76 bits per heavy atom. The van der Waals surface area contributed by atoms with Crippen LogP contribution in [0.4, 0.5) is 5.95 Å². The van der Waals surface area contributed by atoms with Gasteiger partial charge in [-0.2, -0.15) is 0 Å². The van der Waals surface area contributed by atoms with Gasteiger partial charge >= 0.3 is 0 Å². The van der Waals surface area contributed by atoms with Crippen LogP contribution < -0.4 is 4.90 Å². The van der Waals surface area contributed by atoms with Crippen LogP contribution in [-0.2, 0) is 11.3 Å². The lowest BCUT2D eigenvalue weighted by molar-refractivity contribution is 0.140. The van der Waals surface area contributed by atoms with E-state index in [2.05, 4.69) is 40.5 Å². The van der Waals surface area contributed by atoms with Crippen LogP contribution in [0, 0.1) is 0 Å². The molecule has 6 nitrogen and oxygen atoms in total. The van der Waals surface area contributed by atoms with Crippen LogP contribution in [0.3, 0.4) is 0 Å². The van der Waals surface area contributed by atoms with E-state index >= 15 is 0 Å². The summed E-state index contributed by atoms with van der Waals surface area (Å²) in [4.78, 5) is 13.5. The Morgan fingerprint density at radius 1 is 1.24 bits per heavy atom. The molecule has 116 valence electrons. The van der Waals surface area contributed by atoms with Gasteiger partial charge in [0.1, 0.15) is 5.52 Å². The molecule has 0 radical (unpaired) electrons. The lowest BCUT2D eigenvalue weighted by Gasteiger charge is -2.21. The minimum Gasteiger partial charge on any atom is -0.380 e. The average molecular weight is 291 g/mol. The van der Waals surface area contributed by atoms with Crippen molar-refractivity contribution >= 4 is 17.1 Å². The molecule has 0 aliphatic carbocycles. The SMILES string of the molecule is CCOCCn1c(N(C)CCN(C)C)nc2cccnc21. The number of likely N-dealkylation sites (N-methyl/N-ethyl adjacent to an activating group) is 2. The molecule has 2 rings (SSSR count). The normalized spacial score (nSPS) is 11.5. The van der Waals surface area contributed by atoms with E-state index in [-0.39, 0.29) is 0 Å². The summed E-state index contributed by atoms with van der Waals surface area (Å²) in [6.07, 6.45) is 1.81. The Kier molecular flexibility index (Phi) is 5.52. The van der Waals surface area contributed by atoms with Gasteiger partial charge in [-0.15, -0.1) is 0 Å². The number of anilines is 1. The molecule has 0 aliphatic rings. The summed E-state index contributed by atoms with van der Waals surface area (Å²) in [7, 11) is 6.23. The molecule has 0 saturated carbocycles. The number of nitrogens with zero attached hydrogens (tertiary/aromatic N) is 5. The van der Waals surface area contributed by atoms with E-state index < -0.39 is 0 Å². The summed E-state index contributed by atoms with van der Waals surface area (Å²) in [6.45, 7) is 6.08. The third-order valence-corrected chi connectivity index (χ3v) is 3.37. The molecule has 2 heterocycles. The van der Waals surface area contributed by atoms with Gasteiger partial charge in [0.05, 0.1) is 13.2 Å². The van der Waals surface area contributed by atoms with Crippen molar-refractivity contribution in [3.8, 4) is 0 Å². The smallest absolute Gasteiger partial charge is 0.207 e. The van der Waals surface area contributed by atoms with Crippen molar-refractivity contribution in [1.29, 1.82) is 0 Å². The first-order chi connectivity index (χ1) is 10.1. The molecule has 0 bridgehead atoms. The summed E-state index contributed by atoms with van der Waals surface area (Å²) >= 11 is 0. The molecule has 0 unspecified atom stereocenters. The van der Waals surface area contributed by atoms with Gasteiger partial charge in [0.15, 0.2) is 5.65 Å². The fraction of sp³-hybridized carbons (Fsp3) is 0.600. The Bertz CT molecular complexity index is 566. The Labute approximate surface area is 126 Å². The van der Waals surface area contributed by atoms with Gasteiger partial charge in [0, 0.05) is 32.9 Å². The molecule has 0 N–H and O–H groups in total. The van der Waals surface area contributed by atoms with E-state index in [1.807, 2.05) is 25.3 Å². The monoisotopic (exact) mass is 291 g/mol. The fourth-order valence-corrected chi connectivity index (χ4v) is 2.19. The van der Waals surface area contributed by atoms with E-state index in [9.17, 15) is 0 Å². The summed E-state index contributed by atoms with van der Waals surface area (Å²) in [6, 6.07) is 3.93. The van der Waals surface area contributed by atoms with Gasteiger partial charge in [0.2, 0.25) is 5.95 Å². The third-order valence-electron chi connectivity index (χ3n) is 3.37. The largest absolute Gasteiger partial charge is 0.380 e. The summed E-state index contributed by atoms with van der Waals surface area (Å²) in [5.74, 6) is 0.949. The number of ether oxygens (including phenoxy) is 1. The van der Waals surface area contributed by atoms with Crippen molar-refractivity contribution in [2.24, 2.45) is 0 Å². The molecule has 2 aromatic heterocycles. The topological polar surface area (TPSA) is 46.4 Å². The second-order valence-electron chi connectivity index (χ2n) is 5.33. The molecule has 0 aromatic carbocycles. The zero-order chi connectivity index (χ0) is 15.2. The van der Waals surface area contributed by atoms with Gasteiger partial charge < -0.3 is 14.5 Å². The van der Waals surface area contributed by atoms with Gasteiger partial charge in [0.25, 0.3) is 0 Å². The van der Waals surface area contributed by atoms with Gasteiger partial charge in [-0.3, -0.25) is 4.57 Å². The van der Waals surface area contributed by atoms with Crippen molar-refractivity contribution in [3.05, 3.63) is 18.3 Å². The standard InChI is InChI=1S/C15H25N5O/c1-5-21-12-11-20-14-13(7-6-8-16-14)17-15(20)19(4)10-9-18(2)3/h6-8H,5,9-12H2,1-4H3. The number of imidazole rings is 1. The lowest BCUT2D eigenvalue weighted by atomic mass is 10.4. The van der Waals surface area contributed by atoms with Crippen LogP contribution in [0.25, 0.3) is 11.2 Å². The summed E-state index contributed by atoms with van der Waals surface area (Å²) in [5.41, 5.74) is 1.85. The van der Waals surface area contributed by atoms with Crippen molar-refractivity contribution in [2.45, 2.75) is 13.5 Å². The molecule has 0 spiro atoms. The van der Waals surface area contributed by atoms with Crippen LogP contribution in [0.5, 0.6) is 0 Å². The molecule has 6 heteroatoms. The van der Waals surface area contributed by atoms with Crippen molar-refractivity contribution in [2.75, 3.05) is 52.3 Å². The molecule has 2 aromatic rings. The Balaban J connectivity index is 2.25. The third kappa shape index (κ3) is 3.92. The highest BCUT2D eigenvalue weighted by atomic mass is 16.5. The van der Waals surface area contributed by atoms with Crippen LogP contribution in [0.1, 0.15) is 6.92 Å². The maximum absolute atomic E-state index is 5.49. The van der Waals surface area contributed by atoms with E-state index in [0.717, 1.165) is 43.4 Å². The van der Waals surface area contributed by atoms with Crippen LogP contribution in [0.15, 0.2) is 18.3 Å². The molecule has 21 heavy (non-hydrogen) atoms. The maximum atomic E-state index is 5.49. The fourth-order valence-electron chi connectivity index (χ4n) is 2.19. The Hall–Kier alpha value is -1.66. The summed E-state index contributed by atoms with van der Waals surface area (Å²) in [5, 5.41) is 0. The van der Waals surface area contributed by atoms with Crippen LogP contribution >= 0.6 is 0 Å². The number of hydrogen-bond acceptors (Lipinski definition) is 5. The zero-order valence-electron chi connectivity index (χ0n) is 13.4. The number of hydrogen-bond donors (Lipinski definition) is 0. The quantitative estimate of drug-likeness (QED) is 0.689. The van der Waals surface area contributed by atoms with E-state index in [4.69, 9.17) is 9.72 Å². The molecular weight excluding hydrogens is 266 g/mol. The number of aromatic nitrogens is 3. The highest BCUT2D eigenvalue weighted by Gasteiger charge is 2.15. The van der Waals surface area contributed by atoms with Crippen molar-refractivity contribution in [1.82, 2.24) is 19.4 Å². The molecule has 0 aliphatic heterocycles. The highest BCUT2D eigenvalue weighted by Crippen LogP contribution is 2.20. The number of pyridine rings is 1. The second kappa shape index (κ2) is 7.38. The predicted octanol–water partition coefficient (Wildman–Crippen LogP) is 1.47. The van der Waals surface area contributed by atoms with E-state index in [1.165, 1.54) is 0 Å². The zero-order valence-corrected chi connectivity index (χ0v) is 13.4. The molecule has 0 saturated heterocycles. The average Bonchev–Trinajstić information content (AvgIpc) is 2.84. The highest BCUT2D eigenvalue weighted by molar-refractivity contribution is 5.74. The van der Waals surface area contributed by atoms with Gasteiger partial charge in [-0.1, -0.05) is 0 Å². The minimum atomic E-state index is 0.674. The Morgan fingerprint density at radius 2 is 2.05 bits per heavy atom. The van der Waals surface area contributed by atoms with Gasteiger partial charge in [-0.25, -0.2) is 9.97 Å². The van der Waals surface area contributed by atoms with Gasteiger partial charge in [-0.05, 0) is 33.2 Å². The van der Waals surface area contributed by atoms with Crippen molar-refractivity contribution < 1.29 is 4.74 Å². The maximum Gasteiger partial charge on any atom is 0.207 e. The predicted molar refractivity (Wildman–Crippen MR) is 85.8 cm³/mol. The van der Waals surface area contributed by atoms with Crippen molar-refractivity contribution in [3.63, 3.8) is 0 Å². The summed E-state index contributed by atoms with van der Waals surface area (Å²) < 4.78 is 7.63. The molecular formula is C15H25N5O. The molecule has 0 amide bonds. The first-order valence-corrected chi connectivity index (χ1v) is 7.38. The van der Waals surface area contributed by atoms with Crippen LogP contribution in [-0.4, -0.2) is 66.9 Å². The molecule has 0 fully saturated rings. The second-order valence-corrected chi connectivity index (χ2v) is 5.33. The van der Waals surface area contributed by atoms with E-state index in [1.54, 1.807) is 0 Å². The first-order valence-electron chi connectivity index (χ1n) is 7.38. The molecule has 0 atom stereocenters.